The molecule has 0 fully saturated rings. The van der Waals surface area contributed by atoms with Crippen LogP contribution in [0.4, 0.5) is 5.69 Å². The first-order chi connectivity index (χ1) is 11.4. The molecule has 0 saturated heterocycles. The van der Waals surface area contributed by atoms with Crippen LogP contribution in [0.25, 0.3) is 0 Å². The molecular weight excluding hydrogens is 320 g/mol. The van der Waals surface area contributed by atoms with E-state index in [4.69, 9.17) is 17.0 Å². The molecule has 24 heavy (non-hydrogen) atoms. The summed E-state index contributed by atoms with van der Waals surface area (Å²) in [6, 6.07) is 14.7. The van der Waals surface area contributed by atoms with E-state index in [1.165, 1.54) is 0 Å². The van der Waals surface area contributed by atoms with Gasteiger partial charge in [-0.25, -0.2) is 0 Å². The van der Waals surface area contributed by atoms with Crippen molar-refractivity contribution in [3.05, 3.63) is 71.8 Å². The molecule has 5 heteroatoms. The second-order valence-corrected chi connectivity index (χ2v) is 5.96. The Morgan fingerprint density at radius 3 is 2.54 bits per heavy atom. The highest BCUT2D eigenvalue weighted by Gasteiger charge is 2.08. The molecule has 0 aliphatic heterocycles. The van der Waals surface area contributed by atoms with Gasteiger partial charge in [0.05, 0.1) is 0 Å². The molecule has 0 unspecified atom stereocenters. The number of carbonyl (C=O) groups excluding carboxylic acids is 1. The van der Waals surface area contributed by atoms with Gasteiger partial charge in [-0.05, 0) is 68.0 Å². The summed E-state index contributed by atoms with van der Waals surface area (Å²) >= 11 is 5.18. The minimum Gasteiger partial charge on any atom is -0.489 e. The van der Waals surface area contributed by atoms with Crippen molar-refractivity contribution in [3.63, 3.8) is 0 Å². The number of hydrogen-bond donors (Lipinski definition) is 2. The standard InChI is InChI=1S/C19H20N2O2S/c1-13(2)12-23-17-9-7-16(8-10-17)20-19(24)21-18(22)15-6-4-5-14(3)11-15/h4-11H,1,12H2,2-3H3,(H2,20,21,22,24). The number of carbonyl (C=O) groups is 1. The lowest BCUT2D eigenvalue weighted by Gasteiger charge is -2.11. The average molecular weight is 340 g/mol. The molecule has 1 amide bonds. The number of anilines is 1. The van der Waals surface area contributed by atoms with Crippen LogP contribution in [0.5, 0.6) is 5.75 Å². The summed E-state index contributed by atoms with van der Waals surface area (Å²) in [6.45, 7) is 8.12. The number of thiocarbonyl (C=S) groups is 1. The number of aryl methyl sites for hydroxylation is 1. The van der Waals surface area contributed by atoms with Crippen LogP contribution in [-0.4, -0.2) is 17.6 Å². The summed E-state index contributed by atoms with van der Waals surface area (Å²) < 4.78 is 5.53. The summed E-state index contributed by atoms with van der Waals surface area (Å²) in [7, 11) is 0. The number of hydrogen-bond acceptors (Lipinski definition) is 3. The van der Waals surface area contributed by atoms with Crippen LogP contribution in [0, 0.1) is 6.92 Å². The van der Waals surface area contributed by atoms with Gasteiger partial charge in [0.25, 0.3) is 5.91 Å². The van der Waals surface area contributed by atoms with Crippen molar-refractivity contribution in [2.75, 3.05) is 11.9 Å². The van der Waals surface area contributed by atoms with Gasteiger partial charge in [-0.1, -0.05) is 24.3 Å². The van der Waals surface area contributed by atoms with E-state index in [0.717, 1.165) is 22.6 Å². The Labute approximate surface area is 147 Å². The zero-order valence-electron chi connectivity index (χ0n) is 13.8. The van der Waals surface area contributed by atoms with E-state index in [9.17, 15) is 4.79 Å². The van der Waals surface area contributed by atoms with Crippen LogP contribution in [-0.2, 0) is 0 Å². The largest absolute Gasteiger partial charge is 0.489 e. The van der Waals surface area contributed by atoms with Crippen molar-refractivity contribution in [3.8, 4) is 5.75 Å². The fraction of sp³-hybridized carbons (Fsp3) is 0.158. The topological polar surface area (TPSA) is 50.4 Å². The summed E-state index contributed by atoms with van der Waals surface area (Å²) in [4.78, 5) is 12.1. The summed E-state index contributed by atoms with van der Waals surface area (Å²) in [5.74, 6) is 0.510. The lowest BCUT2D eigenvalue weighted by molar-refractivity contribution is 0.0977. The highest BCUT2D eigenvalue weighted by Crippen LogP contribution is 2.16. The molecule has 0 heterocycles. The molecule has 0 aliphatic carbocycles. The fourth-order valence-corrected chi connectivity index (χ4v) is 2.18. The molecule has 0 saturated carbocycles. The van der Waals surface area contributed by atoms with Gasteiger partial charge in [-0.2, -0.15) is 0 Å². The van der Waals surface area contributed by atoms with Crippen molar-refractivity contribution in [2.24, 2.45) is 0 Å². The number of benzene rings is 2. The summed E-state index contributed by atoms with van der Waals surface area (Å²) in [5, 5.41) is 5.89. The SMILES string of the molecule is C=C(C)COc1ccc(NC(=S)NC(=O)c2cccc(C)c2)cc1. The van der Waals surface area contributed by atoms with E-state index in [2.05, 4.69) is 17.2 Å². The van der Waals surface area contributed by atoms with E-state index < -0.39 is 0 Å². The Bertz CT molecular complexity index is 754. The van der Waals surface area contributed by atoms with E-state index in [1.807, 2.05) is 56.3 Å². The maximum atomic E-state index is 12.1. The first kappa shape index (κ1) is 17.7. The van der Waals surface area contributed by atoms with Crippen molar-refractivity contribution in [2.45, 2.75) is 13.8 Å². The third-order valence-electron chi connectivity index (χ3n) is 3.10. The molecule has 0 spiro atoms. The van der Waals surface area contributed by atoms with Crippen LogP contribution < -0.4 is 15.4 Å². The fourth-order valence-electron chi connectivity index (χ4n) is 1.96. The van der Waals surface area contributed by atoms with Crippen molar-refractivity contribution < 1.29 is 9.53 Å². The number of amides is 1. The Kier molecular flexibility index (Phi) is 6.09. The molecule has 2 N–H and O–H groups in total. The van der Waals surface area contributed by atoms with Crippen molar-refractivity contribution >= 4 is 28.9 Å². The second kappa shape index (κ2) is 8.26. The van der Waals surface area contributed by atoms with Crippen LogP contribution in [0.2, 0.25) is 0 Å². The Balaban J connectivity index is 1.90. The van der Waals surface area contributed by atoms with Gasteiger partial charge < -0.3 is 10.1 Å². The predicted octanol–water partition coefficient (Wildman–Crippen LogP) is 4.08. The second-order valence-electron chi connectivity index (χ2n) is 5.55. The van der Waals surface area contributed by atoms with E-state index in [-0.39, 0.29) is 11.0 Å². The van der Waals surface area contributed by atoms with E-state index in [1.54, 1.807) is 6.07 Å². The quantitative estimate of drug-likeness (QED) is 0.636. The Morgan fingerprint density at radius 1 is 1.21 bits per heavy atom. The minimum atomic E-state index is -0.238. The Hall–Kier alpha value is -2.66. The highest BCUT2D eigenvalue weighted by molar-refractivity contribution is 7.80. The van der Waals surface area contributed by atoms with Gasteiger partial charge in [0.1, 0.15) is 12.4 Å². The van der Waals surface area contributed by atoms with Crippen LogP contribution in [0.1, 0.15) is 22.8 Å². The van der Waals surface area contributed by atoms with Gasteiger partial charge >= 0.3 is 0 Å². The van der Waals surface area contributed by atoms with E-state index >= 15 is 0 Å². The van der Waals surface area contributed by atoms with Crippen LogP contribution >= 0.6 is 12.2 Å². The first-order valence-corrected chi connectivity index (χ1v) is 7.91. The van der Waals surface area contributed by atoms with Crippen molar-refractivity contribution in [1.82, 2.24) is 5.32 Å². The van der Waals surface area contributed by atoms with Gasteiger partial charge in [0.2, 0.25) is 0 Å². The number of ether oxygens (including phenoxy) is 1. The molecule has 4 nitrogen and oxygen atoms in total. The molecule has 124 valence electrons. The third kappa shape index (κ3) is 5.52. The Morgan fingerprint density at radius 2 is 1.92 bits per heavy atom. The third-order valence-corrected chi connectivity index (χ3v) is 3.31. The molecule has 0 aliphatic rings. The average Bonchev–Trinajstić information content (AvgIpc) is 2.54. The number of rotatable bonds is 5. The maximum Gasteiger partial charge on any atom is 0.257 e. The van der Waals surface area contributed by atoms with Crippen molar-refractivity contribution in [1.29, 1.82) is 0 Å². The summed E-state index contributed by atoms with van der Waals surface area (Å²) in [6.07, 6.45) is 0. The monoisotopic (exact) mass is 340 g/mol. The zero-order chi connectivity index (χ0) is 17.5. The first-order valence-electron chi connectivity index (χ1n) is 7.50. The lowest BCUT2D eigenvalue weighted by atomic mass is 10.1. The minimum absolute atomic E-state index is 0.238. The molecule has 2 aromatic carbocycles. The molecular formula is C19H20N2O2S. The number of nitrogens with one attached hydrogen (secondary N) is 2. The van der Waals surface area contributed by atoms with Gasteiger partial charge in [-0.3, -0.25) is 10.1 Å². The van der Waals surface area contributed by atoms with Crippen LogP contribution in [0.15, 0.2) is 60.7 Å². The predicted molar refractivity (Wildman–Crippen MR) is 102 cm³/mol. The lowest BCUT2D eigenvalue weighted by Crippen LogP contribution is -2.34. The zero-order valence-corrected chi connectivity index (χ0v) is 14.6. The van der Waals surface area contributed by atoms with Gasteiger partial charge in [0.15, 0.2) is 5.11 Å². The molecule has 0 bridgehead atoms. The molecule has 0 atom stereocenters. The molecule has 2 rings (SSSR count). The summed E-state index contributed by atoms with van der Waals surface area (Å²) in [5.41, 5.74) is 3.32. The van der Waals surface area contributed by atoms with Crippen LogP contribution in [0.3, 0.4) is 0 Å². The smallest absolute Gasteiger partial charge is 0.257 e. The normalized spacial score (nSPS) is 9.92. The molecule has 0 aromatic heterocycles. The maximum absolute atomic E-state index is 12.1. The van der Waals surface area contributed by atoms with Gasteiger partial charge in [0, 0.05) is 11.3 Å². The molecule has 0 radical (unpaired) electrons. The molecule has 2 aromatic rings. The van der Waals surface area contributed by atoms with E-state index in [0.29, 0.717) is 12.2 Å². The highest BCUT2D eigenvalue weighted by atomic mass is 32.1. The van der Waals surface area contributed by atoms with Gasteiger partial charge in [-0.15, -0.1) is 0 Å².